The molecule has 2 aliphatic carbocycles. The second-order valence-corrected chi connectivity index (χ2v) is 25.9. The van der Waals surface area contributed by atoms with Crippen LogP contribution < -0.4 is 30.4 Å². The molecular formula is C65H68BN3S. The van der Waals surface area contributed by atoms with Gasteiger partial charge in [-0.1, -0.05) is 155 Å². The van der Waals surface area contributed by atoms with Crippen LogP contribution in [0, 0.1) is 6.92 Å². The highest BCUT2D eigenvalue weighted by molar-refractivity contribution is 7.33. The summed E-state index contributed by atoms with van der Waals surface area (Å²) < 4.78 is 2.75. The zero-order valence-corrected chi connectivity index (χ0v) is 44.3. The summed E-state index contributed by atoms with van der Waals surface area (Å²) in [6.45, 7) is 29.2. The summed E-state index contributed by atoms with van der Waals surface area (Å²) in [5, 5.41) is 1.31. The molecule has 3 nitrogen and oxygen atoms in total. The van der Waals surface area contributed by atoms with Gasteiger partial charge >= 0.3 is 0 Å². The first-order valence-corrected chi connectivity index (χ1v) is 26.7. The Morgan fingerprint density at radius 1 is 0.500 bits per heavy atom. The zero-order valence-electron chi connectivity index (χ0n) is 43.5. The highest BCUT2D eigenvalue weighted by Gasteiger charge is 2.49. The lowest BCUT2D eigenvalue weighted by Gasteiger charge is -2.48. The number of thiophene rings is 1. The number of anilines is 9. The zero-order chi connectivity index (χ0) is 48.9. The van der Waals surface area contributed by atoms with Gasteiger partial charge in [0, 0.05) is 54.7 Å². The first-order chi connectivity index (χ1) is 33.2. The Bertz CT molecular complexity index is 3350. The van der Waals surface area contributed by atoms with Crippen LogP contribution >= 0.6 is 11.3 Å². The van der Waals surface area contributed by atoms with E-state index in [-0.39, 0.29) is 33.8 Å². The molecular weight excluding hydrogens is 866 g/mol. The maximum absolute atomic E-state index is 2.74. The maximum Gasteiger partial charge on any atom is 0.264 e. The van der Waals surface area contributed by atoms with Crippen molar-refractivity contribution < 1.29 is 0 Å². The summed E-state index contributed by atoms with van der Waals surface area (Å²) in [5.74, 6) is 0. The van der Waals surface area contributed by atoms with Crippen LogP contribution in [0.2, 0.25) is 0 Å². The SMILES string of the molecule is Cc1cc2c(cc1N1c3cc4c(cc3B3c5sc6ccccc6c5N(c5ccc(C(C)(C)C)cc5)c5cc(N(c6ccccc6)c6ccccc6)cc1c53)C(C)(C)CCC4(C)C)C(C)(C)CCC2(C)C. The topological polar surface area (TPSA) is 9.72 Å². The summed E-state index contributed by atoms with van der Waals surface area (Å²) in [5.41, 5.74) is 22.6. The number of hydrogen-bond acceptors (Lipinski definition) is 4. The maximum atomic E-state index is 2.74. The van der Waals surface area contributed by atoms with E-state index in [0.717, 1.165) is 29.9 Å². The van der Waals surface area contributed by atoms with E-state index >= 15 is 0 Å². The lowest BCUT2D eigenvalue weighted by molar-refractivity contribution is 0.331. The normalized spacial score (nSPS) is 17.9. The van der Waals surface area contributed by atoms with Gasteiger partial charge in [0.2, 0.25) is 0 Å². The number of para-hydroxylation sites is 2. The van der Waals surface area contributed by atoms with E-state index in [1.165, 1.54) is 106 Å². The van der Waals surface area contributed by atoms with Crippen molar-refractivity contribution in [1.29, 1.82) is 0 Å². The molecule has 4 aliphatic rings. The van der Waals surface area contributed by atoms with Gasteiger partial charge in [-0.05, 0) is 171 Å². The van der Waals surface area contributed by atoms with E-state index in [1.54, 1.807) is 0 Å². The molecule has 8 aromatic rings. The molecule has 3 heterocycles. The molecule has 0 radical (unpaired) electrons. The van der Waals surface area contributed by atoms with Crippen LogP contribution in [-0.4, -0.2) is 6.71 Å². The van der Waals surface area contributed by atoms with Crippen LogP contribution in [0.15, 0.2) is 146 Å². The predicted molar refractivity (Wildman–Crippen MR) is 305 cm³/mol. The van der Waals surface area contributed by atoms with Crippen LogP contribution in [0.5, 0.6) is 0 Å². The Morgan fingerprint density at radius 3 is 1.54 bits per heavy atom. The number of benzene rings is 7. The highest BCUT2D eigenvalue weighted by atomic mass is 32.1. The van der Waals surface area contributed by atoms with Gasteiger partial charge in [-0.2, -0.15) is 0 Å². The lowest BCUT2D eigenvalue weighted by atomic mass is 9.35. The molecule has 0 saturated carbocycles. The summed E-state index contributed by atoms with van der Waals surface area (Å²) in [6, 6.07) is 56.3. The van der Waals surface area contributed by atoms with E-state index in [2.05, 4.69) is 243 Å². The van der Waals surface area contributed by atoms with E-state index in [9.17, 15) is 0 Å². The van der Waals surface area contributed by atoms with E-state index in [1.807, 2.05) is 11.3 Å². The van der Waals surface area contributed by atoms with Crippen LogP contribution in [0.4, 0.5) is 51.2 Å². The van der Waals surface area contributed by atoms with E-state index < -0.39 is 0 Å². The molecule has 70 heavy (non-hydrogen) atoms. The number of nitrogens with zero attached hydrogens (tertiary/aromatic N) is 3. The Balaban J connectivity index is 1.26. The third-order valence-electron chi connectivity index (χ3n) is 17.2. The molecule has 352 valence electrons. The fourth-order valence-electron chi connectivity index (χ4n) is 12.8. The number of hydrogen-bond donors (Lipinski definition) is 0. The minimum Gasteiger partial charge on any atom is -0.311 e. The van der Waals surface area contributed by atoms with Crippen LogP contribution in [-0.2, 0) is 27.1 Å². The standard InChI is InChI=1S/C65H68BN3S/c1-41-35-48-50(64(9,10)33-31-62(48,5)6)39-53(41)69-54-40-51-49(63(7,8)32-34-65(51,11)12)38-52(54)66-58-55(36-46(37-56(58)69)67(43-21-15-13-16-22-43)44-23-17-14-18-24-44)68(45-29-27-42(28-30-45)61(2,3)4)59-47-25-19-20-26-57(47)70-60(59)66/h13-30,35-40H,31-34H2,1-12H3. The molecule has 12 rings (SSSR count). The average Bonchev–Trinajstić information content (AvgIpc) is 3.71. The monoisotopic (exact) mass is 934 g/mol. The van der Waals surface area contributed by atoms with Crippen molar-refractivity contribution in [3.8, 4) is 0 Å². The number of rotatable bonds is 5. The Labute approximate surface area is 422 Å². The third-order valence-corrected chi connectivity index (χ3v) is 18.4. The second kappa shape index (κ2) is 15.5. The minimum atomic E-state index is 0.0177. The first-order valence-electron chi connectivity index (χ1n) is 25.9. The molecule has 0 N–H and O–H groups in total. The van der Waals surface area contributed by atoms with Crippen molar-refractivity contribution >= 4 is 95.0 Å². The Morgan fingerprint density at radius 2 is 0.986 bits per heavy atom. The fraction of sp³-hybridized carbons (Fsp3) is 0.323. The van der Waals surface area contributed by atoms with Crippen molar-refractivity contribution in [2.75, 3.05) is 14.7 Å². The van der Waals surface area contributed by atoms with Crippen LogP contribution in [0.1, 0.15) is 135 Å². The third kappa shape index (κ3) is 6.88. The molecule has 0 saturated heterocycles. The Hall–Kier alpha value is -6.04. The molecule has 7 aromatic carbocycles. The van der Waals surface area contributed by atoms with Gasteiger partial charge in [-0.15, -0.1) is 11.3 Å². The summed E-state index contributed by atoms with van der Waals surface area (Å²) in [6.07, 6.45) is 4.68. The summed E-state index contributed by atoms with van der Waals surface area (Å²) >= 11 is 2.00. The summed E-state index contributed by atoms with van der Waals surface area (Å²) in [4.78, 5) is 7.87. The molecule has 0 atom stereocenters. The molecule has 5 heteroatoms. The first kappa shape index (κ1) is 45.1. The van der Waals surface area contributed by atoms with Gasteiger partial charge in [0.25, 0.3) is 6.71 Å². The van der Waals surface area contributed by atoms with Gasteiger partial charge < -0.3 is 14.7 Å². The molecule has 0 unspecified atom stereocenters. The molecule has 1 aromatic heterocycles. The number of aryl methyl sites for hydroxylation is 1. The van der Waals surface area contributed by atoms with Gasteiger partial charge in [-0.25, -0.2) is 0 Å². The van der Waals surface area contributed by atoms with E-state index in [0.29, 0.717) is 0 Å². The Kier molecular flexibility index (Phi) is 9.98. The largest absolute Gasteiger partial charge is 0.311 e. The molecule has 0 amide bonds. The summed E-state index contributed by atoms with van der Waals surface area (Å²) in [7, 11) is 0. The van der Waals surface area contributed by atoms with Crippen molar-refractivity contribution in [1.82, 2.24) is 0 Å². The van der Waals surface area contributed by atoms with Crippen molar-refractivity contribution in [2.45, 2.75) is 136 Å². The van der Waals surface area contributed by atoms with Gasteiger partial charge in [0.15, 0.2) is 0 Å². The molecule has 2 aliphatic heterocycles. The average molecular weight is 934 g/mol. The molecule has 0 spiro atoms. The minimum absolute atomic E-state index is 0.0177. The van der Waals surface area contributed by atoms with Gasteiger partial charge in [-0.3, -0.25) is 0 Å². The van der Waals surface area contributed by atoms with Gasteiger partial charge in [0.1, 0.15) is 0 Å². The van der Waals surface area contributed by atoms with Crippen LogP contribution in [0.25, 0.3) is 10.1 Å². The van der Waals surface area contributed by atoms with E-state index in [4.69, 9.17) is 0 Å². The quantitative estimate of drug-likeness (QED) is 0.159. The fourth-order valence-corrected chi connectivity index (χ4v) is 14.1. The smallest absolute Gasteiger partial charge is 0.264 e. The molecule has 0 bridgehead atoms. The lowest BCUT2D eigenvalue weighted by Crippen LogP contribution is -2.61. The van der Waals surface area contributed by atoms with Crippen LogP contribution in [0.3, 0.4) is 0 Å². The molecule has 0 fully saturated rings. The predicted octanol–water partition coefficient (Wildman–Crippen LogP) is 16.8. The second-order valence-electron chi connectivity index (χ2n) is 24.8. The van der Waals surface area contributed by atoms with Crippen molar-refractivity contribution in [3.05, 3.63) is 179 Å². The van der Waals surface area contributed by atoms with Gasteiger partial charge in [0.05, 0.1) is 11.4 Å². The highest BCUT2D eigenvalue weighted by Crippen LogP contribution is 2.55. The number of fused-ring (bicyclic) bond motifs is 8. The van der Waals surface area contributed by atoms with Crippen molar-refractivity contribution in [2.24, 2.45) is 0 Å². The van der Waals surface area contributed by atoms with Crippen molar-refractivity contribution in [3.63, 3.8) is 0 Å².